The number of hydrogen-bond acceptors (Lipinski definition) is 2. The summed E-state index contributed by atoms with van der Waals surface area (Å²) in [5, 5.41) is 7.37. The second-order valence-corrected chi connectivity index (χ2v) is 9.30. The molecule has 4 nitrogen and oxygen atoms in total. The molecule has 2 aliphatic heterocycles. The number of aliphatic imine (C=N–C) groups is 1. The lowest BCUT2D eigenvalue weighted by Crippen LogP contribution is -2.53. The summed E-state index contributed by atoms with van der Waals surface area (Å²) in [5.41, 5.74) is 1.90. The van der Waals surface area contributed by atoms with Crippen molar-refractivity contribution in [1.82, 2.24) is 15.5 Å². The van der Waals surface area contributed by atoms with Crippen LogP contribution in [0, 0.1) is 5.41 Å². The van der Waals surface area contributed by atoms with Crippen LogP contribution in [0.1, 0.15) is 63.9 Å². The Morgan fingerprint density at radius 3 is 2.36 bits per heavy atom. The minimum Gasteiger partial charge on any atom is -0.356 e. The number of nitrogens with zero attached hydrogens (tertiary/aromatic N) is 2. The van der Waals surface area contributed by atoms with Gasteiger partial charge in [-0.25, -0.2) is 0 Å². The van der Waals surface area contributed by atoms with Crippen LogP contribution in [0.15, 0.2) is 35.3 Å². The molecule has 2 bridgehead atoms. The molecule has 2 N–H and O–H groups in total. The second-order valence-electron chi connectivity index (χ2n) is 9.30. The number of halogens is 1. The van der Waals surface area contributed by atoms with Crippen LogP contribution >= 0.6 is 24.0 Å². The number of hydrogen-bond donors (Lipinski definition) is 2. The fourth-order valence-electron chi connectivity index (χ4n) is 5.53. The zero-order chi connectivity index (χ0) is 18.7. The van der Waals surface area contributed by atoms with Crippen LogP contribution in [-0.4, -0.2) is 42.6 Å². The molecule has 28 heavy (non-hydrogen) atoms. The molecular weight excluding hydrogens is 459 g/mol. The van der Waals surface area contributed by atoms with Gasteiger partial charge in [0, 0.05) is 38.3 Å². The van der Waals surface area contributed by atoms with Gasteiger partial charge in [-0.1, -0.05) is 50.1 Å². The van der Waals surface area contributed by atoms with E-state index in [9.17, 15) is 0 Å². The van der Waals surface area contributed by atoms with Gasteiger partial charge in [0.25, 0.3) is 0 Å². The van der Waals surface area contributed by atoms with Gasteiger partial charge in [0.1, 0.15) is 0 Å². The van der Waals surface area contributed by atoms with Gasteiger partial charge in [0.15, 0.2) is 5.96 Å². The third-order valence-corrected chi connectivity index (χ3v) is 7.15. The Hall–Kier alpha value is -0.820. The van der Waals surface area contributed by atoms with Crippen molar-refractivity contribution in [3.05, 3.63) is 35.9 Å². The molecule has 4 rings (SSSR count). The fourth-order valence-corrected chi connectivity index (χ4v) is 5.53. The van der Waals surface area contributed by atoms with E-state index in [0.29, 0.717) is 23.5 Å². The highest BCUT2D eigenvalue weighted by Crippen LogP contribution is 2.38. The molecule has 2 unspecified atom stereocenters. The monoisotopic (exact) mass is 496 g/mol. The van der Waals surface area contributed by atoms with E-state index in [1.165, 1.54) is 56.9 Å². The fraction of sp³-hybridized carbons (Fsp3) is 0.696. The topological polar surface area (TPSA) is 39.7 Å². The summed E-state index contributed by atoms with van der Waals surface area (Å²) in [6.45, 7) is 4.57. The molecule has 0 amide bonds. The molecule has 0 aromatic heterocycles. The highest BCUT2D eigenvalue weighted by Gasteiger charge is 2.40. The van der Waals surface area contributed by atoms with Crippen LogP contribution in [-0.2, 0) is 6.54 Å². The Kier molecular flexibility index (Phi) is 7.65. The Morgan fingerprint density at radius 2 is 1.75 bits per heavy atom. The summed E-state index contributed by atoms with van der Waals surface area (Å²) in [5.74, 6) is 1.00. The Morgan fingerprint density at radius 1 is 1.11 bits per heavy atom. The van der Waals surface area contributed by atoms with Gasteiger partial charge in [-0.15, -0.1) is 24.0 Å². The first kappa shape index (κ1) is 21.9. The molecule has 0 radical (unpaired) electrons. The summed E-state index contributed by atoms with van der Waals surface area (Å²) in [4.78, 5) is 7.27. The van der Waals surface area contributed by atoms with Crippen molar-refractivity contribution in [2.75, 3.05) is 13.6 Å². The van der Waals surface area contributed by atoms with Gasteiger partial charge in [-0.2, -0.15) is 0 Å². The lowest BCUT2D eigenvalue weighted by atomic mass is 9.89. The smallest absolute Gasteiger partial charge is 0.191 e. The average molecular weight is 496 g/mol. The summed E-state index contributed by atoms with van der Waals surface area (Å²) in [6.07, 6.45) is 10.6. The molecule has 1 aromatic carbocycles. The first-order chi connectivity index (χ1) is 13.1. The maximum absolute atomic E-state index is 4.51. The van der Waals surface area contributed by atoms with Gasteiger partial charge < -0.3 is 10.6 Å². The van der Waals surface area contributed by atoms with Gasteiger partial charge >= 0.3 is 0 Å². The molecule has 1 saturated carbocycles. The normalized spacial score (nSPS) is 29.4. The van der Waals surface area contributed by atoms with E-state index in [1.54, 1.807) is 0 Å². The highest BCUT2D eigenvalue weighted by atomic mass is 127. The van der Waals surface area contributed by atoms with E-state index in [-0.39, 0.29) is 24.0 Å². The molecule has 1 aromatic rings. The Bertz CT molecular complexity index is 627. The van der Waals surface area contributed by atoms with Crippen molar-refractivity contribution in [1.29, 1.82) is 0 Å². The van der Waals surface area contributed by atoms with Crippen LogP contribution in [0.5, 0.6) is 0 Å². The number of guanidine groups is 1. The van der Waals surface area contributed by atoms with Gasteiger partial charge in [-0.3, -0.25) is 9.89 Å². The van der Waals surface area contributed by atoms with Gasteiger partial charge in [0.2, 0.25) is 0 Å². The summed E-state index contributed by atoms with van der Waals surface area (Å²) in [7, 11) is 1.91. The number of piperidine rings is 1. The van der Waals surface area contributed by atoms with E-state index < -0.39 is 0 Å². The quantitative estimate of drug-likeness (QED) is 0.357. The van der Waals surface area contributed by atoms with Crippen molar-refractivity contribution in [3.63, 3.8) is 0 Å². The second kappa shape index (κ2) is 9.79. The van der Waals surface area contributed by atoms with Crippen LogP contribution in [0.4, 0.5) is 0 Å². The van der Waals surface area contributed by atoms with Crippen molar-refractivity contribution in [3.8, 4) is 0 Å². The predicted octanol–water partition coefficient (Wildman–Crippen LogP) is 4.55. The first-order valence-electron chi connectivity index (χ1n) is 10.9. The third-order valence-electron chi connectivity index (χ3n) is 7.15. The van der Waals surface area contributed by atoms with Crippen LogP contribution < -0.4 is 10.6 Å². The predicted molar refractivity (Wildman–Crippen MR) is 128 cm³/mol. The minimum absolute atomic E-state index is 0. The molecule has 0 spiro atoms. The first-order valence-corrected chi connectivity index (χ1v) is 10.9. The number of fused-ring (bicyclic) bond motifs is 2. The third kappa shape index (κ3) is 5.21. The lowest BCUT2D eigenvalue weighted by Gasteiger charge is -2.40. The molecule has 5 heteroatoms. The van der Waals surface area contributed by atoms with E-state index in [2.05, 4.69) is 57.8 Å². The molecule has 156 valence electrons. The Balaban J connectivity index is 0.00000225. The molecule has 1 aliphatic carbocycles. The average Bonchev–Trinajstić information content (AvgIpc) is 3.20. The Labute approximate surface area is 188 Å². The van der Waals surface area contributed by atoms with Crippen molar-refractivity contribution in [2.45, 2.75) is 83.0 Å². The SMILES string of the molecule is CN=C(NCC1(C)CCCC1)NC1CC2CCC(C1)N2Cc1ccccc1.I. The van der Waals surface area contributed by atoms with Crippen LogP contribution in [0.2, 0.25) is 0 Å². The zero-order valence-corrected chi connectivity index (χ0v) is 19.8. The number of nitrogens with one attached hydrogen (secondary N) is 2. The van der Waals surface area contributed by atoms with E-state index in [4.69, 9.17) is 0 Å². The maximum atomic E-state index is 4.51. The van der Waals surface area contributed by atoms with Crippen molar-refractivity contribution >= 4 is 29.9 Å². The molecular formula is C23H37IN4. The molecule has 2 atom stereocenters. The molecule has 2 heterocycles. The van der Waals surface area contributed by atoms with Crippen molar-refractivity contribution in [2.24, 2.45) is 10.4 Å². The largest absolute Gasteiger partial charge is 0.356 e. The molecule has 2 saturated heterocycles. The van der Waals surface area contributed by atoms with Crippen LogP contribution in [0.3, 0.4) is 0 Å². The van der Waals surface area contributed by atoms with Gasteiger partial charge in [0.05, 0.1) is 0 Å². The summed E-state index contributed by atoms with van der Waals surface area (Å²) in [6, 6.07) is 12.9. The standard InChI is InChI=1S/C23H36N4.HI/c1-23(12-6-7-13-23)17-25-22(24-2)26-19-14-20-10-11-21(15-19)27(20)16-18-8-4-3-5-9-18;/h3-5,8-9,19-21H,6-7,10-17H2,1-2H3,(H2,24,25,26);1H. The zero-order valence-electron chi connectivity index (χ0n) is 17.5. The van der Waals surface area contributed by atoms with E-state index in [0.717, 1.165) is 19.0 Å². The lowest BCUT2D eigenvalue weighted by molar-refractivity contribution is 0.114. The maximum Gasteiger partial charge on any atom is 0.191 e. The summed E-state index contributed by atoms with van der Waals surface area (Å²) < 4.78 is 0. The highest BCUT2D eigenvalue weighted by molar-refractivity contribution is 14.0. The van der Waals surface area contributed by atoms with Gasteiger partial charge in [-0.05, 0) is 49.5 Å². The number of benzene rings is 1. The summed E-state index contributed by atoms with van der Waals surface area (Å²) >= 11 is 0. The van der Waals surface area contributed by atoms with E-state index >= 15 is 0 Å². The molecule has 3 fully saturated rings. The minimum atomic E-state index is 0. The van der Waals surface area contributed by atoms with Crippen LogP contribution in [0.25, 0.3) is 0 Å². The number of rotatable bonds is 5. The van der Waals surface area contributed by atoms with Crippen molar-refractivity contribution < 1.29 is 0 Å². The molecule has 3 aliphatic rings. The van der Waals surface area contributed by atoms with E-state index in [1.807, 2.05) is 7.05 Å².